The molecule has 1 aromatic rings. The van der Waals surface area contributed by atoms with Crippen molar-refractivity contribution < 1.29 is 10.3 Å². The fourth-order valence-electron chi connectivity index (χ4n) is 1.04. The van der Waals surface area contributed by atoms with Crippen molar-refractivity contribution in [3.05, 3.63) is 29.8 Å². The lowest BCUT2D eigenvalue weighted by Crippen LogP contribution is -2.05. The molecule has 15 heavy (non-hydrogen) atoms. The highest BCUT2D eigenvalue weighted by Gasteiger charge is 2.00. The summed E-state index contributed by atoms with van der Waals surface area (Å²) in [6.45, 7) is 3.81. The Labute approximate surface area is 88.6 Å². The normalized spacial score (nSPS) is 12.9. The number of oxime groups is 1. The molecule has 0 atom stereocenters. The Morgan fingerprint density at radius 1 is 1.20 bits per heavy atom. The van der Waals surface area contributed by atoms with Gasteiger partial charge in [0, 0.05) is 5.56 Å². The van der Waals surface area contributed by atoms with Crippen LogP contribution in [-0.2, 0) is 6.54 Å². The highest BCUT2D eigenvalue weighted by Crippen LogP contribution is 2.16. The zero-order chi connectivity index (χ0) is 11.3. The van der Waals surface area contributed by atoms with Crippen molar-refractivity contribution in [2.24, 2.45) is 10.1 Å². The summed E-state index contributed by atoms with van der Waals surface area (Å²) in [4.78, 5) is 4.19. The number of hydrogen-bond acceptors (Lipinski definition) is 4. The molecular weight excluding hydrogens is 192 g/mol. The molecule has 0 bridgehead atoms. The van der Waals surface area contributed by atoms with E-state index in [1.807, 2.05) is 6.07 Å². The average molecular weight is 206 g/mol. The Hall–Kier alpha value is -1.84. The van der Waals surface area contributed by atoms with Crippen LogP contribution in [0.15, 0.2) is 34.4 Å². The maximum Gasteiger partial charge on any atom is 0.120 e. The van der Waals surface area contributed by atoms with Gasteiger partial charge < -0.3 is 10.3 Å². The van der Waals surface area contributed by atoms with Crippen LogP contribution in [0.3, 0.4) is 0 Å². The lowest BCUT2D eigenvalue weighted by molar-refractivity contribution is 0.320. The molecule has 0 spiro atoms. The third-order valence-corrected chi connectivity index (χ3v) is 2.15. The molecule has 0 radical (unpaired) electrons. The number of hydrogen-bond donors (Lipinski definition) is 2. The molecule has 1 aromatic carbocycles. The maximum absolute atomic E-state index is 9.47. The molecule has 0 amide bonds. The fraction of sp³-hybridized carbons (Fsp3) is 0.273. The van der Waals surface area contributed by atoms with Gasteiger partial charge in [-0.25, -0.2) is 0 Å². The number of nitrogens with zero attached hydrogens (tertiary/aromatic N) is 2. The number of phenolic OH excluding ortho intramolecular Hbond substituents is 1. The van der Waals surface area contributed by atoms with Crippen LogP contribution in [0.5, 0.6) is 5.75 Å². The zero-order valence-corrected chi connectivity index (χ0v) is 8.81. The third kappa shape index (κ3) is 3.09. The van der Waals surface area contributed by atoms with Crippen LogP contribution in [0, 0.1) is 0 Å². The minimum absolute atomic E-state index is 0.229. The van der Waals surface area contributed by atoms with Gasteiger partial charge in [0.25, 0.3) is 0 Å². The van der Waals surface area contributed by atoms with Crippen molar-refractivity contribution in [2.75, 3.05) is 0 Å². The van der Waals surface area contributed by atoms with Gasteiger partial charge in [-0.15, -0.1) is 0 Å². The Morgan fingerprint density at radius 2 is 1.87 bits per heavy atom. The van der Waals surface area contributed by atoms with Crippen molar-refractivity contribution in [1.29, 1.82) is 0 Å². The van der Waals surface area contributed by atoms with Crippen LogP contribution in [0.4, 0.5) is 0 Å². The molecule has 0 heterocycles. The second-order valence-electron chi connectivity index (χ2n) is 3.22. The standard InChI is InChI=1S/C11H14N2O2/c1-8(9(2)13-15)12-7-10-5-3-4-6-11(10)14/h3-6,14-15H,7H2,1-2H3. The number of rotatable bonds is 3. The second kappa shape index (κ2) is 5.14. The lowest BCUT2D eigenvalue weighted by atomic mass is 10.2. The minimum Gasteiger partial charge on any atom is -0.508 e. The molecule has 0 saturated carbocycles. The number of para-hydroxylation sites is 1. The van der Waals surface area contributed by atoms with Gasteiger partial charge in [0.05, 0.1) is 18.0 Å². The van der Waals surface area contributed by atoms with E-state index in [0.717, 1.165) is 5.56 Å². The van der Waals surface area contributed by atoms with Gasteiger partial charge in [0.2, 0.25) is 0 Å². The molecule has 80 valence electrons. The van der Waals surface area contributed by atoms with Crippen molar-refractivity contribution in [3.8, 4) is 5.75 Å². The van der Waals surface area contributed by atoms with Crippen molar-refractivity contribution >= 4 is 11.4 Å². The summed E-state index contributed by atoms with van der Waals surface area (Å²) in [5, 5.41) is 21.0. The largest absolute Gasteiger partial charge is 0.508 e. The van der Waals surface area contributed by atoms with Gasteiger partial charge in [-0.05, 0) is 19.9 Å². The zero-order valence-electron chi connectivity index (χ0n) is 8.81. The summed E-state index contributed by atoms with van der Waals surface area (Å²) in [6.07, 6.45) is 0. The van der Waals surface area contributed by atoms with E-state index < -0.39 is 0 Å². The van der Waals surface area contributed by atoms with Crippen LogP contribution in [-0.4, -0.2) is 21.7 Å². The van der Waals surface area contributed by atoms with Gasteiger partial charge in [-0.3, -0.25) is 4.99 Å². The Balaban J connectivity index is 2.77. The van der Waals surface area contributed by atoms with E-state index in [9.17, 15) is 5.11 Å². The van der Waals surface area contributed by atoms with E-state index in [4.69, 9.17) is 5.21 Å². The van der Waals surface area contributed by atoms with E-state index in [-0.39, 0.29) is 5.75 Å². The summed E-state index contributed by atoms with van der Waals surface area (Å²) in [7, 11) is 0. The second-order valence-corrected chi connectivity index (χ2v) is 3.22. The molecule has 0 aliphatic heterocycles. The molecule has 0 aromatic heterocycles. The molecule has 0 unspecified atom stereocenters. The first-order valence-electron chi connectivity index (χ1n) is 4.62. The molecule has 4 heteroatoms. The van der Waals surface area contributed by atoms with Crippen LogP contribution in [0.1, 0.15) is 19.4 Å². The highest BCUT2D eigenvalue weighted by atomic mass is 16.4. The first-order valence-corrected chi connectivity index (χ1v) is 4.62. The molecule has 0 aliphatic carbocycles. The summed E-state index contributed by atoms with van der Waals surface area (Å²) in [5.41, 5.74) is 1.88. The third-order valence-electron chi connectivity index (χ3n) is 2.15. The number of phenols is 1. The first kappa shape index (κ1) is 11.2. The topological polar surface area (TPSA) is 65.2 Å². The molecular formula is C11H14N2O2. The Kier molecular flexibility index (Phi) is 3.85. The highest BCUT2D eigenvalue weighted by molar-refractivity contribution is 6.40. The first-order chi connectivity index (χ1) is 7.15. The van der Waals surface area contributed by atoms with Crippen LogP contribution < -0.4 is 0 Å². The predicted molar refractivity (Wildman–Crippen MR) is 59.8 cm³/mol. The summed E-state index contributed by atoms with van der Waals surface area (Å²) >= 11 is 0. The Morgan fingerprint density at radius 3 is 2.47 bits per heavy atom. The van der Waals surface area contributed by atoms with Gasteiger partial charge >= 0.3 is 0 Å². The lowest BCUT2D eigenvalue weighted by Gasteiger charge is -2.01. The smallest absolute Gasteiger partial charge is 0.120 e. The summed E-state index contributed by atoms with van der Waals surface area (Å²) in [6, 6.07) is 7.02. The SMILES string of the molecule is CC(=NO)C(C)=NCc1ccccc1O. The molecule has 0 fully saturated rings. The van der Waals surface area contributed by atoms with Crippen molar-refractivity contribution in [2.45, 2.75) is 20.4 Å². The van der Waals surface area contributed by atoms with Crippen LogP contribution >= 0.6 is 0 Å². The monoisotopic (exact) mass is 206 g/mol. The van der Waals surface area contributed by atoms with E-state index in [0.29, 0.717) is 18.0 Å². The van der Waals surface area contributed by atoms with Gasteiger partial charge in [0.15, 0.2) is 0 Å². The number of aromatic hydroxyl groups is 1. The predicted octanol–water partition coefficient (Wildman–Crippen LogP) is 2.20. The van der Waals surface area contributed by atoms with Gasteiger partial charge in [-0.1, -0.05) is 23.4 Å². The van der Waals surface area contributed by atoms with Crippen molar-refractivity contribution in [3.63, 3.8) is 0 Å². The van der Waals surface area contributed by atoms with E-state index in [2.05, 4.69) is 10.1 Å². The van der Waals surface area contributed by atoms with E-state index >= 15 is 0 Å². The van der Waals surface area contributed by atoms with Gasteiger partial charge in [0.1, 0.15) is 5.75 Å². The van der Waals surface area contributed by atoms with Crippen LogP contribution in [0.25, 0.3) is 0 Å². The minimum atomic E-state index is 0.229. The van der Waals surface area contributed by atoms with Crippen LogP contribution in [0.2, 0.25) is 0 Å². The van der Waals surface area contributed by atoms with E-state index in [1.165, 1.54) is 0 Å². The van der Waals surface area contributed by atoms with Gasteiger partial charge in [-0.2, -0.15) is 0 Å². The maximum atomic E-state index is 9.47. The molecule has 2 N–H and O–H groups in total. The number of aliphatic imine (C=N–C) groups is 1. The molecule has 0 saturated heterocycles. The molecule has 4 nitrogen and oxygen atoms in total. The molecule has 1 rings (SSSR count). The Bertz CT molecular complexity index is 397. The van der Waals surface area contributed by atoms with Crippen molar-refractivity contribution in [1.82, 2.24) is 0 Å². The fourth-order valence-corrected chi connectivity index (χ4v) is 1.04. The quantitative estimate of drug-likeness (QED) is 0.452. The average Bonchev–Trinajstić information content (AvgIpc) is 2.26. The summed E-state index contributed by atoms with van der Waals surface area (Å²) in [5.74, 6) is 0.229. The molecule has 0 aliphatic rings. The number of benzene rings is 1. The van der Waals surface area contributed by atoms with E-state index in [1.54, 1.807) is 32.0 Å². The summed E-state index contributed by atoms with van der Waals surface area (Å²) < 4.78 is 0.